The molecule has 0 aromatic heterocycles. The standard InChI is InChI=1S/C29H30O2/c1-20(18-22-12-6-3-7-13-22)29(31)28-25(23-14-8-4-9-15-23)19-26(30)21(2)27(28)24-16-10-5-11-17-24/h3-18,21,25-28,30H,19H2,1-2H3. The summed E-state index contributed by atoms with van der Waals surface area (Å²) in [4.78, 5) is 14.0. The van der Waals surface area contributed by atoms with Gasteiger partial charge in [-0.3, -0.25) is 4.79 Å². The average molecular weight is 411 g/mol. The Balaban J connectivity index is 1.80. The first-order valence-corrected chi connectivity index (χ1v) is 11.1. The van der Waals surface area contributed by atoms with Crippen LogP contribution < -0.4 is 0 Å². The van der Waals surface area contributed by atoms with Gasteiger partial charge in [0.1, 0.15) is 0 Å². The van der Waals surface area contributed by atoms with Crippen LogP contribution in [0.1, 0.15) is 48.8 Å². The number of carbonyl (C=O) groups excluding carboxylic acids is 1. The Kier molecular flexibility index (Phi) is 6.48. The van der Waals surface area contributed by atoms with Crippen molar-refractivity contribution in [3.63, 3.8) is 0 Å². The van der Waals surface area contributed by atoms with Crippen LogP contribution in [-0.4, -0.2) is 17.0 Å². The molecule has 4 rings (SSSR count). The maximum absolute atomic E-state index is 14.0. The molecular weight excluding hydrogens is 380 g/mol. The number of hydrogen-bond donors (Lipinski definition) is 1. The molecule has 3 aromatic carbocycles. The Morgan fingerprint density at radius 1 is 0.839 bits per heavy atom. The quantitative estimate of drug-likeness (QED) is 0.505. The number of carbonyl (C=O) groups is 1. The largest absolute Gasteiger partial charge is 0.393 e. The lowest BCUT2D eigenvalue weighted by Gasteiger charge is -2.44. The molecule has 158 valence electrons. The molecule has 0 radical (unpaired) electrons. The predicted molar refractivity (Wildman–Crippen MR) is 127 cm³/mol. The Labute approximate surface area is 185 Å². The minimum Gasteiger partial charge on any atom is -0.393 e. The number of aliphatic hydroxyl groups is 1. The molecule has 5 atom stereocenters. The van der Waals surface area contributed by atoms with Gasteiger partial charge in [0.05, 0.1) is 6.10 Å². The van der Waals surface area contributed by atoms with Crippen molar-refractivity contribution in [2.75, 3.05) is 0 Å². The molecule has 0 heterocycles. The molecule has 5 unspecified atom stereocenters. The van der Waals surface area contributed by atoms with Gasteiger partial charge in [-0.2, -0.15) is 0 Å². The summed E-state index contributed by atoms with van der Waals surface area (Å²) in [7, 11) is 0. The van der Waals surface area contributed by atoms with E-state index in [1.54, 1.807) is 0 Å². The van der Waals surface area contributed by atoms with E-state index in [0.717, 1.165) is 22.3 Å². The number of ketones is 1. The van der Waals surface area contributed by atoms with E-state index in [1.165, 1.54) is 0 Å². The lowest BCUT2D eigenvalue weighted by Crippen LogP contribution is -2.43. The maximum Gasteiger partial charge on any atom is 0.162 e. The fourth-order valence-corrected chi connectivity index (χ4v) is 5.15. The molecule has 3 aromatic rings. The molecule has 1 fully saturated rings. The van der Waals surface area contributed by atoms with Gasteiger partial charge in [0.25, 0.3) is 0 Å². The van der Waals surface area contributed by atoms with Gasteiger partial charge in [-0.05, 0) is 59.4 Å². The third kappa shape index (κ3) is 4.55. The van der Waals surface area contributed by atoms with Gasteiger partial charge in [0, 0.05) is 5.92 Å². The molecule has 1 aliphatic carbocycles. The zero-order valence-corrected chi connectivity index (χ0v) is 18.2. The maximum atomic E-state index is 14.0. The summed E-state index contributed by atoms with van der Waals surface area (Å²) in [6.07, 6.45) is 2.14. The third-order valence-corrected chi connectivity index (χ3v) is 6.78. The van der Waals surface area contributed by atoms with Gasteiger partial charge in [-0.25, -0.2) is 0 Å². The van der Waals surface area contributed by atoms with E-state index in [2.05, 4.69) is 31.2 Å². The summed E-state index contributed by atoms with van der Waals surface area (Å²) >= 11 is 0. The fraction of sp³-hybridized carbons (Fsp3) is 0.276. The Bertz CT molecular complexity index is 1020. The molecule has 0 bridgehead atoms. The summed E-state index contributed by atoms with van der Waals surface area (Å²) in [5, 5.41) is 11.0. The Morgan fingerprint density at radius 2 is 1.35 bits per heavy atom. The Morgan fingerprint density at radius 3 is 1.94 bits per heavy atom. The minimum absolute atomic E-state index is 0.000775. The van der Waals surface area contributed by atoms with Crippen molar-refractivity contribution in [3.05, 3.63) is 113 Å². The second-order valence-electron chi connectivity index (χ2n) is 8.74. The third-order valence-electron chi connectivity index (χ3n) is 6.78. The highest BCUT2D eigenvalue weighted by Crippen LogP contribution is 2.50. The first-order valence-electron chi connectivity index (χ1n) is 11.1. The summed E-state index contributed by atoms with van der Waals surface area (Å²) in [5.74, 6) is -0.111. The Hall–Kier alpha value is -2.97. The molecule has 0 amide bonds. The normalized spacial score (nSPS) is 26.4. The van der Waals surface area contributed by atoms with Crippen molar-refractivity contribution in [1.29, 1.82) is 0 Å². The predicted octanol–water partition coefficient (Wildman–Crippen LogP) is 6.24. The van der Waals surface area contributed by atoms with Crippen molar-refractivity contribution >= 4 is 11.9 Å². The molecule has 31 heavy (non-hydrogen) atoms. The van der Waals surface area contributed by atoms with Crippen molar-refractivity contribution in [3.8, 4) is 0 Å². The van der Waals surface area contributed by atoms with Gasteiger partial charge in [0.2, 0.25) is 0 Å². The number of allylic oxidation sites excluding steroid dienone is 1. The zero-order valence-electron chi connectivity index (χ0n) is 18.2. The molecule has 1 N–H and O–H groups in total. The van der Waals surface area contributed by atoms with Gasteiger partial charge in [0.15, 0.2) is 5.78 Å². The zero-order chi connectivity index (χ0) is 21.8. The van der Waals surface area contributed by atoms with Gasteiger partial charge in [-0.1, -0.05) is 97.9 Å². The van der Waals surface area contributed by atoms with Crippen LogP contribution >= 0.6 is 0 Å². The SMILES string of the molecule is CC(=Cc1ccccc1)C(=O)C1C(c2ccccc2)CC(O)C(C)C1c1ccccc1. The van der Waals surface area contributed by atoms with Gasteiger partial charge < -0.3 is 5.11 Å². The highest BCUT2D eigenvalue weighted by Gasteiger charge is 2.46. The number of aliphatic hydroxyl groups excluding tert-OH is 1. The monoisotopic (exact) mass is 410 g/mol. The molecule has 1 saturated carbocycles. The molecular formula is C29H30O2. The molecule has 0 aliphatic heterocycles. The lowest BCUT2D eigenvalue weighted by molar-refractivity contribution is -0.123. The summed E-state index contributed by atoms with van der Waals surface area (Å²) < 4.78 is 0. The van der Waals surface area contributed by atoms with Crippen LogP contribution in [0.2, 0.25) is 0 Å². The van der Waals surface area contributed by atoms with E-state index in [0.29, 0.717) is 6.42 Å². The van der Waals surface area contributed by atoms with Gasteiger partial charge >= 0.3 is 0 Å². The second-order valence-corrected chi connectivity index (χ2v) is 8.74. The fourth-order valence-electron chi connectivity index (χ4n) is 5.15. The molecule has 1 aliphatic rings. The topological polar surface area (TPSA) is 37.3 Å². The number of benzene rings is 3. The van der Waals surface area contributed by atoms with E-state index in [9.17, 15) is 9.90 Å². The molecule has 2 heteroatoms. The first-order chi connectivity index (χ1) is 15.1. The lowest BCUT2D eigenvalue weighted by atomic mass is 9.60. The van der Waals surface area contributed by atoms with E-state index in [4.69, 9.17) is 0 Å². The number of Topliss-reactive ketones (excluding diaryl/α,β-unsaturated/α-hetero) is 1. The van der Waals surface area contributed by atoms with Crippen LogP contribution in [0.3, 0.4) is 0 Å². The average Bonchev–Trinajstić information content (AvgIpc) is 2.81. The summed E-state index contributed by atoms with van der Waals surface area (Å²) in [6, 6.07) is 30.4. The molecule has 0 spiro atoms. The van der Waals surface area contributed by atoms with Crippen LogP contribution in [0.5, 0.6) is 0 Å². The smallest absolute Gasteiger partial charge is 0.162 e. The van der Waals surface area contributed by atoms with Crippen LogP contribution in [0.25, 0.3) is 6.08 Å². The number of rotatable bonds is 5. The van der Waals surface area contributed by atoms with Gasteiger partial charge in [-0.15, -0.1) is 0 Å². The van der Waals surface area contributed by atoms with Crippen molar-refractivity contribution < 1.29 is 9.90 Å². The van der Waals surface area contributed by atoms with E-state index in [-0.39, 0.29) is 29.5 Å². The molecule has 0 saturated heterocycles. The van der Waals surface area contributed by atoms with Crippen LogP contribution in [-0.2, 0) is 4.79 Å². The minimum atomic E-state index is -0.446. The summed E-state index contributed by atoms with van der Waals surface area (Å²) in [6.45, 7) is 4.01. The van der Waals surface area contributed by atoms with Crippen molar-refractivity contribution in [2.45, 2.75) is 38.2 Å². The highest BCUT2D eigenvalue weighted by molar-refractivity contribution is 6.01. The van der Waals surface area contributed by atoms with Crippen LogP contribution in [0.15, 0.2) is 96.6 Å². The second kappa shape index (κ2) is 9.45. The van der Waals surface area contributed by atoms with Crippen LogP contribution in [0.4, 0.5) is 0 Å². The first kappa shape index (κ1) is 21.3. The van der Waals surface area contributed by atoms with Crippen molar-refractivity contribution in [1.82, 2.24) is 0 Å². The van der Waals surface area contributed by atoms with E-state index < -0.39 is 6.10 Å². The molecule has 2 nitrogen and oxygen atoms in total. The van der Waals surface area contributed by atoms with Crippen LogP contribution in [0, 0.1) is 11.8 Å². The van der Waals surface area contributed by atoms with E-state index >= 15 is 0 Å². The summed E-state index contributed by atoms with van der Waals surface area (Å²) in [5.41, 5.74) is 4.05. The van der Waals surface area contributed by atoms with E-state index in [1.807, 2.05) is 79.7 Å². The highest BCUT2D eigenvalue weighted by atomic mass is 16.3. The number of hydrogen-bond acceptors (Lipinski definition) is 2. The van der Waals surface area contributed by atoms with Crippen molar-refractivity contribution in [2.24, 2.45) is 11.8 Å².